The second-order valence-corrected chi connectivity index (χ2v) is 6.62. The third kappa shape index (κ3) is 4.67. The first-order chi connectivity index (χ1) is 15.5. The molecule has 1 aromatic heterocycles. The van der Waals surface area contributed by atoms with Crippen molar-refractivity contribution in [3.8, 4) is 17.1 Å². The van der Waals surface area contributed by atoms with Crippen LogP contribution in [-0.4, -0.2) is 33.2 Å². The van der Waals surface area contributed by atoms with Gasteiger partial charge in [0.25, 0.3) is 11.7 Å². The maximum atomic E-state index is 13.7. The molecular weight excluding hydrogens is 418 g/mol. The number of hydrogen-bond donors (Lipinski definition) is 1. The van der Waals surface area contributed by atoms with E-state index in [4.69, 9.17) is 4.74 Å². The lowest BCUT2D eigenvalue weighted by atomic mass is 10.2. The minimum atomic E-state index is -0.944. The van der Waals surface area contributed by atoms with E-state index >= 15 is 0 Å². The number of carbonyl (C=O) groups excluding carboxylic acids is 2. The second kappa shape index (κ2) is 9.17. The molecule has 1 heterocycles. The van der Waals surface area contributed by atoms with Crippen molar-refractivity contribution < 1.29 is 23.1 Å². The van der Waals surface area contributed by atoms with Crippen LogP contribution < -0.4 is 5.32 Å². The average Bonchev–Trinajstić information content (AvgIpc) is 3.26. The molecule has 1 amide bonds. The smallest absolute Gasteiger partial charge is 0.378 e. The number of benzene rings is 3. The maximum Gasteiger partial charge on any atom is 0.378 e. The largest absolute Gasteiger partial charge is 0.450 e. The molecule has 4 aromatic rings. The van der Waals surface area contributed by atoms with E-state index in [1.165, 1.54) is 4.68 Å². The molecule has 0 fully saturated rings. The fraction of sp³-hybridized carbons (Fsp3) is 0.0435. The van der Waals surface area contributed by atoms with Crippen LogP contribution in [0.3, 0.4) is 0 Å². The van der Waals surface area contributed by atoms with E-state index in [9.17, 15) is 18.4 Å². The molecule has 0 bridgehead atoms. The SMILES string of the molecule is O=C(COC(=O)c1nc(-c2ccccc2)n(-c2ccccc2)n1)Nc1ccc(F)cc1F. The average molecular weight is 434 g/mol. The number of carbonyl (C=O) groups is 2. The number of aromatic nitrogens is 3. The van der Waals surface area contributed by atoms with E-state index in [1.807, 2.05) is 48.5 Å². The lowest BCUT2D eigenvalue weighted by molar-refractivity contribution is -0.119. The third-order valence-electron chi connectivity index (χ3n) is 4.36. The summed E-state index contributed by atoms with van der Waals surface area (Å²) in [6.45, 7) is -0.698. The molecule has 3 aromatic carbocycles. The number of amides is 1. The molecule has 7 nitrogen and oxygen atoms in total. The number of halogens is 2. The summed E-state index contributed by atoms with van der Waals surface area (Å²) in [7, 11) is 0. The second-order valence-electron chi connectivity index (χ2n) is 6.62. The zero-order valence-electron chi connectivity index (χ0n) is 16.5. The van der Waals surface area contributed by atoms with Crippen LogP contribution >= 0.6 is 0 Å². The monoisotopic (exact) mass is 434 g/mol. The Kier molecular flexibility index (Phi) is 5.98. The highest BCUT2D eigenvalue weighted by Gasteiger charge is 2.21. The minimum absolute atomic E-state index is 0.231. The number of rotatable bonds is 6. The van der Waals surface area contributed by atoms with Crippen LogP contribution in [0.25, 0.3) is 17.1 Å². The van der Waals surface area contributed by atoms with Crippen LogP contribution in [0.1, 0.15) is 10.6 Å². The summed E-state index contributed by atoms with van der Waals surface area (Å²) in [5, 5.41) is 6.45. The Bertz CT molecular complexity index is 1200. The molecule has 160 valence electrons. The highest BCUT2D eigenvalue weighted by atomic mass is 19.1. The summed E-state index contributed by atoms with van der Waals surface area (Å²) in [4.78, 5) is 28.8. The Morgan fingerprint density at radius 3 is 2.31 bits per heavy atom. The Morgan fingerprint density at radius 1 is 0.938 bits per heavy atom. The summed E-state index contributed by atoms with van der Waals surface area (Å²) in [6, 6.07) is 21.0. The molecule has 9 heteroatoms. The van der Waals surface area contributed by atoms with Gasteiger partial charge < -0.3 is 10.1 Å². The number of nitrogens with zero attached hydrogens (tertiary/aromatic N) is 3. The number of nitrogens with one attached hydrogen (secondary N) is 1. The van der Waals surface area contributed by atoms with Crippen LogP contribution in [0.4, 0.5) is 14.5 Å². The molecule has 0 aliphatic carbocycles. The molecule has 0 unspecified atom stereocenters. The molecule has 4 rings (SSSR count). The fourth-order valence-corrected chi connectivity index (χ4v) is 2.89. The van der Waals surface area contributed by atoms with Crippen LogP contribution in [0, 0.1) is 11.6 Å². The van der Waals surface area contributed by atoms with Crippen molar-refractivity contribution in [3.63, 3.8) is 0 Å². The van der Waals surface area contributed by atoms with E-state index < -0.39 is 30.1 Å². The summed E-state index contributed by atoms with van der Waals surface area (Å²) in [6.07, 6.45) is 0. The minimum Gasteiger partial charge on any atom is -0.450 e. The standard InChI is InChI=1S/C23H16F2N4O3/c24-16-11-12-19(18(25)13-16)26-20(30)14-32-23(31)21-27-22(15-7-3-1-4-8-15)29(28-21)17-9-5-2-6-10-17/h1-13H,14H2,(H,26,30). The number of ether oxygens (including phenoxy) is 1. The molecule has 0 spiro atoms. The van der Waals surface area contributed by atoms with E-state index in [-0.39, 0.29) is 11.5 Å². The zero-order chi connectivity index (χ0) is 22.5. The van der Waals surface area contributed by atoms with Gasteiger partial charge in [-0.15, -0.1) is 5.10 Å². The number of anilines is 1. The predicted octanol–water partition coefficient (Wildman–Crippen LogP) is 4.01. The van der Waals surface area contributed by atoms with E-state index in [2.05, 4.69) is 15.4 Å². The summed E-state index contributed by atoms with van der Waals surface area (Å²) in [5.41, 5.74) is 1.18. The quantitative estimate of drug-likeness (QED) is 0.464. The van der Waals surface area contributed by atoms with Crippen LogP contribution in [-0.2, 0) is 9.53 Å². The molecule has 1 N–H and O–H groups in total. The van der Waals surface area contributed by atoms with Gasteiger partial charge in [-0.2, -0.15) is 0 Å². The number of esters is 1. The molecule has 0 aliphatic rings. The van der Waals surface area contributed by atoms with Crippen LogP contribution in [0.5, 0.6) is 0 Å². The first kappa shape index (κ1) is 20.9. The molecule has 0 atom stereocenters. The molecular formula is C23H16F2N4O3. The van der Waals surface area contributed by atoms with Crippen molar-refractivity contribution in [3.05, 3.63) is 96.3 Å². The highest BCUT2D eigenvalue weighted by Crippen LogP contribution is 2.21. The van der Waals surface area contributed by atoms with Crippen molar-refractivity contribution in [1.29, 1.82) is 0 Å². The van der Waals surface area contributed by atoms with E-state index in [1.54, 1.807) is 12.1 Å². The van der Waals surface area contributed by atoms with Gasteiger partial charge in [0.2, 0.25) is 0 Å². The van der Waals surface area contributed by atoms with E-state index in [0.717, 1.165) is 17.7 Å². The van der Waals surface area contributed by atoms with Gasteiger partial charge in [0.15, 0.2) is 12.4 Å². The molecule has 0 saturated carbocycles. The molecule has 32 heavy (non-hydrogen) atoms. The van der Waals surface area contributed by atoms with Gasteiger partial charge in [0.1, 0.15) is 11.6 Å². The lowest BCUT2D eigenvalue weighted by Crippen LogP contribution is -2.22. The van der Waals surface area contributed by atoms with Gasteiger partial charge in [0.05, 0.1) is 11.4 Å². The Balaban J connectivity index is 1.51. The summed E-state index contributed by atoms with van der Waals surface area (Å²) >= 11 is 0. The van der Waals surface area contributed by atoms with Crippen molar-refractivity contribution in [1.82, 2.24) is 14.8 Å². The van der Waals surface area contributed by atoms with Crippen molar-refractivity contribution in [2.24, 2.45) is 0 Å². The summed E-state index contributed by atoms with van der Waals surface area (Å²) < 4.78 is 33.1. The zero-order valence-corrected chi connectivity index (χ0v) is 16.5. The predicted molar refractivity (Wildman–Crippen MR) is 112 cm³/mol. The van der Waals surface area contributed by atoms with Crippen molar-refractivity contribution in [2.45, 2.75) is 0 Å². The molecule has 0 saturated heterocycles. The Labute approximate surface area is 181 Å². The highest BCUT2D eigenvalue weighted by molar-refractivity contribution is 5.94. The van der Waals surface area contributed by atoms with Gasteiger partial charge in [0, 0.05) is 11.6 Å². The third-order valence-corrected chi connectivity index (χ3v) is 4.36. The van der Waals surface area contributed by atoms with Crippen LogP contribution in [0.2, 0.25) is 0 Å². The molecule has 0 aliphatic heterocycles. The topological polar surface area (TPSA) is 86.1 Å². The lowest BCUT2D eigenvalue weighted by Gasteiger charge is -2.06. The normalized spacial score (nSPS) is 10.6. The van der Waals surface area contributed by atoms with Gasteiger partial charge in [-0.25, -0.2) is 23.2 Å². The summed E-state index contributed by atoms with van der Waals surface area (Å²) in [5.74, 6) is -3.27. The van der Waals surface area contributed by atoms with E-state index in [0.29, 0.717) is 17.6 Å². The Hall–Kier alpha value is -4.40. The van der Waals surface area contributed by atoms with Crippen molar-refractivity contribution in [2.75, 3.05) is 11.9 Å². The molecule has 0 radical (unpaired) electrons. The van der Waals surface area contributed by atoms with Gasteiger partial charge in [-0.1, -0.05) is 48.5 Å². The van der Waals surface area contributed by atoms with Gasteiger partial charge in [-0.05, 0) is 24.3 Å². The van der Waals surface area contributed by atoms with Crippen LogP contribution in [0.15, 0.2) is 78.9 Å². The first-order valence-electron chi connectivity index (χ1n) is 9.51. The maximum absolute atomic E-state index is 13.7. The van der Waals surface area contributed by atoms with Gasteiger partial charge >= 0.3 is 5.97 Å². The number of hydrogen-bond acceptors (Lipinski definition) is 5. The van der Waals surface area contributed by atoms with Crippen molar-refractivity contribution >= 4 is 17.6 Å². The Morgan fingerprint density at radius 2 is 1.62 bits per heavy atom. The number of para-hydroxylation sites is 1. The fourth-order valence-electron chi connectivity index (χ4n) is 2.89. The van der Waals surface area contributed by atoms with Gasteiger partial charge in [-0.3, -0.25) is 4.79 Å². The first-order valence-corrected chi connectivity index (χ1v) is 9.51.